The quantitative estimate of drug-likeness (QED) is 0.476. The van der Waals surface area contributed by atoms with Crippen molar-refractivity contribution in [1.29, 1.82) is 0 Å². The molecule has 0 spiro atoms. The molecule has 0 unspecified atom stereocenters. The van der Waals surface area contributed by atoms with Crippen LogP contribution in [0.5, 0.6) is 0 Å². The molecule has 1 aromatic rings. The van der Waals surface area contributed by atoms with Crippen LogP contribution >= 0.6 is 11.8 Å². The fourth-order valence-electron chi connectivity index (χ4n) is 0.838. The van der Waals surface area contributed by atoms with Gasteiger partial charge in [-0.05, 0) is 18.6 Å². The minimum atomic E-state index is 0.755. The van der Waals surface area contributed by atoms with Crippen LogP contribution in [0.1, 0.15) is 5.56 Å². The van der Waals surface area contributed by atoms with Gasteiger partial charge < -0.3 is 0 Å². The molecule has 0 aliphatic carbocycles. The van der Waals surface area contributed by atoms with Crippen LogP contribution in [0.3, 0.4) is 0 Å². The van der Waals surface area contributed by atoms with Gasteiger partial charge in [-0.3, -0.25) is 0 Å². The van der Waals surface area contributed by atoms with E-state index in [1.807, 2.05) is 12.1 Å². The van der Waals surface area contributed by atoms with Gasteiger partial charge in [-0.25, -0.2) is 0 Å². The van der Waals surface area contributed by atoms with E-state index in [1.165, 1.54) is 10.5 Å². The molecule has 0 nitrogen and oxygen atoms in total. The first-order chi connectivity index (χ1) is 5.34. The Morgan fingerprint density at radius 1 is 1.45 bits per heavy atom. The van der Waals surface area contributed by atoms with E-state index >= 15 is 0 Å². The second-order valence-corrected chi connectivity index (χ2v) is 3.28. The topological polar surface area (TPSA) is 0 Å². The standard InChI is InChI=1S/C10H10S/c1-3-8-11-10-7-5-4-6-9(10)2/h1,4-7H,8H2,2H3. The molecule has 0 saturated carbocycles. The zero-order valence-electron chi connectivity index (χ0n) is 6.50. The minimum absolute atomic E-state index is 0.755. The van der Waals surface area contributed by atoms with E-state index in [2.05, 4.69) is 25.0 Å². The molecular weight excluding hydrogens is 152 g/mol. The third kappa shape index (κ3) is 2.32. The molecule has 56 valence electrons. The van der Waals surface area contributed by atoms with E-state index in [0.29, 0.717) is 0 Å². The van der Waals surface area contributed by atoms with E-state index in [-0.39, 0.29) is 0 Å². The van der Waals surface area contributed by atoms with Gasteiger partial charge in [0.25, 0.3) is 0 Å². The normalized spacial score (nSPS) is 9.09. The Kier molecular flexibility index (Phi) is 3.07. The van der Waals surface area contributed by atoms with E-state index in [4.69, 9.17) is 6.42 Å². The van der Waals surface area contributed by atoms with Gasteiger partial charge in [-0.15, -0.1) is 18.2 Å². The van der Waals surface area contributed by atoms with Gasteiger partial charge in [0.05, 0.1) is 5.75 Å². The molecule has 0 atom stereocenters. The van der Waals surface area contributed by atoms with Crippen LogP contribution < -0.4 is 0 Å². The Bertz CT molecular complexity index is 270. The van der Waals surface area contributed by atoms with E-state index in [9.17, 15) is 0 Å². The van der Waals surface area contributed by atoms with Crippen molar-refractivity contribution in [2.24, 2.45) is 0 Å². The van der Waals surface area contributed by atoms with Crippen molar-refractivity contribution < 1.29 is 0 Å². The average molecular weight is 162 g/mol. The molecule has 1 rings (SSSR count). The summed E-state index contributed by atoms with van der Waals surface area (Å²) in [6.45, 7) is 2.10. The Balaban J connectivity index is 2.71. The zero-order chi connectivity index (χ0) is 8.10. The van der Waals surface area contributed by atoms with Gasteiger partial charge in [0, 0.05) is 4.90 Å². The highest BCUT2D eigenvalue weighted by atomic mass is 32.2. The lowest BCUT2D eigenvalue weighted by molar-refractivity contribution is 1.30. The molecule has 0 N–H and O–H groups in total. The number of rotatable bonds is 2. The van der Waals surface area contributed by atoms with Gasteiger partial charge in [0.2, 0.25) is 0 Å². The fourth-order valence-corrected chi connectivity index (χ4v) is 1.55. The maximum Gasteiger partial charge on any atom is 0.0592 e. The summed E-state index contributed by atoms with van der Waals surface area (Å²) >= 11 is 1.71. The van der Waals surface area contributed by atoms with Gasteiger partial charge in [-0.2, -0.15) is 0 Å². The van der Waals surface area contributed by atoms with Crippen LogP contribution in [0, 0.1) is 19.3 Å². The second kappa shape index (κ2) is 4.10. The average Bonchev–Trinajstić information content (AvgIpc) is 2.03. The van der Waals surface area contributed by atoms with Crippen molar-refractivity contribution in [3.05, 3.63) is 29.8 Å². The third-order valence-electron chi connectivity index (χ3n) is 1.40. The summed E-state index contributed by atoms with van der Waals surface area (Å²) in [5.41, 5.74) is 1.30. The second-order valence-electron chi connectivity index (χ2n) is 2.26. The number of terminal acetylenes is 1. The molecule has 0 aliphatic rings. The highest BCUT2D eigenvalue weighted by Gasteiger charge is 1.94. The first-order valence-electron chi connectivity index (χ1n) is 3.46. The van der Waals surface area contributed by atoms with E-state index < -0.39 is 0 Å². The lowest BCUT2D eigenvalue weighted by Crippen LogP contribution is -1.78. The molecule has 0 bridgehead atoms. The molecule has 0 saturated heterocycles. The fraction of sp³-hybridized carbons (Fsp3) is 0.200. The van der Waals surface area contributed by atoms with Crippen LogP contribution in [-0.4, -0.2) is 5.75 Å². The van der Waals surface area contributed by atoms with Crippen LogP contribution in [0.2, 0.25) is 0 Å². The Morgan fingerprint density at radius 3 is 2.82 bits per heavy atom. The summed E-state index contributed by atoms with van der Waals surface area (Å²) < 4.78 is 0. The number of thioether (sulfide) groups is 1. The van der Waals surface area contributed by atoms with Crippen LogP contribution in [0.15, 0.2) is 29.2 Å². The minimum Gasteiger partial charge on any atom is -0.119 e. The Hall–Kier alpha value is -0.870. The molecule has 1 heteroatoms. The highest BCUT2D eigenvalue weighted by Crippen LogP contribution is 2.20. The predicted molar refractivity (Wildman–Crippen MR) is 50.7 cm³/mol. The lowest BCUT2D eigenvalue weighted by Gasteiger charge is -2.00. The summed E-state index contributed by atoms with van der Waals surface area (Å²) in [4.78, 5) is 1.28. The molecular formula is C10H10S. The lowest BCUT2D eigenvalue weighted by atomic mass is 10.2. The van der Waals surface area contributed by atoms with Crippen molar-refractivity contribution in [2.45, 2.75) is 11.8 Å². The summed E-state index contributed by atoms with van der Waals surface area (Å²) in [6.07, 6.45) is 5.16. The smallest absolute Gasteiger partial charge is 0.0592 e. The number of aryl methyl sites for hydroxylation is 1. The van der Waals surface area contributed by atoms with Gasteiger partial charge in [0.15, 0.2) is 0 Å². The molecule has 0 fully saturated rings. The van der Waals surface area contributed by atoms with Crippen LogP contribution in [-0.2, 0) is 0 Å². The first-order valence-corrected chi connectivity index (χ1v) is 4.45. The monoisotopic (exact) mass is 162 g/mol. The highest BCUT2D eigenvalue weighted by molar-refractivity contribution is 7.99. The summed E-state index contributed by atoms with van der Waals surface area (Å²) in [5, 5.41) is 0. The number of benzene rings is 1. The van der Waals surface area contributed by atoms with Crippen molar-refractivity contribution in [2.75, 3.05) is 5.75 Å². The molecule has 0 aliphatic heterocycles. The number of hydrogen-bond donors (Lipinski definition) is 0. The van der Waals surface area contributed by atoms with Gasteiger partial charge >= 0.3 is 0 Å². The first kappa shape index (κ1) is 8.23. The Morgan fingerprint density at radius 2 is 2.18 bits per heavy atom. The predicted octanol–water partition coefficient (Wildman–Crippen LogP) is 2.72. The van der Waals surface area contributed by atoms with Crippen LogP contribution in [0.4, 0.5) is 0 Å². The Labute approximate surface area is 72.0 Å². The largest absolute Gasteiger partial charge is 0.119 e. The molecule has 0 radical (unpaired) electrons. The van der Waals surface area contributed by atoms with Gasteiger partial charge in [-0.1, -0.05) is 24.1 Å². The SMILES string of the molecule is C#CCSc1ccccc1C. The molecule has 0 heterocycles. The van der Waals surface area contributed by atoms with E-state index in [1.54, 1.807) is 11.8 Å². The molecule has 1 aromatic carbocycles. The van der Waals surface area contributed by atoms with Crippen molar-refractivity contribution in [3.63, 3.8) is 0 Å². The van der Waals surface area contributed by atoms with E-state index in [0.717, 1.165) is 5.75 Å². The summed E-state index contributed by atoms with van der Waals surface area (Å²) in [5.74, 6) is 3.36. The van der Waals surface area contributed by atoms with Crippen LogP contribution in [0.25, 0.3) is 0 Å². The molecule has 0 aromatic heterocycles. The van der Waals surface area contributed by atoms with Crippen molar-refractivity contribution in [1.82, 2.24) is 0 Å². The number of hydrogen-bond acceptors (Lipinski definition) is 1. The zero-order valence-corrected chi connectivity index (χ0v) is 7.32. The molecule has 11 heavy (non-hydrogen) atoms. The molecule has 0 amide bonds. The van der Waals surface area contributed by atoms with Crippen molar-refractivity contribution >= 4 is 11.8 Å². The summed E-state index contributed by atoms with van der Waals surface area (Å²) in [7, 11) is 0. The van der Waals surface area contributed by atoms with Gasteiger partial charge in [0.1, 0.15) is 0 Å². The summed E-state index contributed by atoms with van der Waals surface area (Å²) in [6, 6.07) is 8.26. The maximum absolute atomic E-state index is 5.16. The maximum atomic E-state index is 5.16. The third-order valence-corrected chi connectivity index (χ3v) is 2.48. The van der Waals surface area contributed by atoms with Crippen molar-refractivity contribution in [3.8, 4) is 12.3 Å².